The van der Waals surface area contributed by atoms with Gasteiger partial charge in [-0.2, -0.15) is 0 Å². The molecule has 1 aromatic rings. The van der Waals surface area contributed by atoms with Crippen molar-refractivity contribution in [2.75, 3.05) is 20.5 Å². The molecule has 10 heteroatoms. The molecule has 0 N–H and O–H groups in total. The number of nitro groups is 1. The summed E-state index contributed by atoms with van der Waals surface area (Å²) in [7, 11) is 0. The summed E-state index contributed by atoms with van der Waals surface area (Å²) in [6.07, 6.45) is 0.201. The number of nitrogens with zero attached hydrogens (tertiary/aromatic N) is 3. The predicted octanol–water partition coefficient (Wildman–Crippen LogP) is 3.15. The van der Waals surface area contributed by atoms with E-state index in [1.165, 1.54) is 23.1 Å². The number of rotatable bonds is 5. The van der Waals surface area contributed by atoms with Gasteiger partial charge in [0.25, 0.3) is 5.69 Å². The highest BCUT2D eigenvalue weighted by Gasteiger charge is 2.37. The first-order valence-corrected chi connectivity index (χ1v) is 10.1. The average molecular weight is 491 g/mol. The van der Waals surface area contributed by atoms with Gasteiger partial charge in [-0.15, -0.1) is 0 Å². The van der Waals surface area contributed by atoms with E-state index in [2.05, 4.69) is 31.9 Å². The lowest BCUT2D eigenvalue weighted by atomic mass is 10.1. The zero-order chi connectivity index (χ0) is 19.4. The van der Waals surface area contributed by atoms with Gasteiger partial charge in [-0.25, -0.2) is 4.90 Å². The van der Waals surface area contributed by atoms with Gasteiger partial charge < -0.3 is 4.90 Å². The lowest BCUT2D eigenvalue weighted by Gasteiger charge is -2.28. The molecule has 140 valence electrons. The SMILES string of the molecule is C[C@@H]1CC(=O)N(C(=O)CCBr)c2ccc([N+](=O)[O-])cc2N1C(=O)CCBr. The molecule has 3 amide bonds. The van der Waals surface area contributed by atoms with Gasteiger partial charge >= 0.3 is 0 Å². The lowest BCUT2D eigenvalue weighted by molar-refractivity contribution is -0.384. The summed E-state index contributed by atoms with van der Waals surface area (Å²) >= 11 is 6.39. The standard InChI is InChI=1S/C16H17Br2N3O5/c1-10-8-16(24)20(15(23)5-7-18)12-3-2-11(21(25)26)9-13(12)19(10)14(22)4-6-17/h2-3,9-10H,4-8H2,1H3/t10-/m1/s1. The van der Waals surface area contributed by atoms with Crippen LogP contribution in [0, 0.1) is 10.1 Å². The second-order valence-corrected chi connectivity index (χ2v) is 7.33. The first-order valence-electron chi connectivity index (χ1n) is 7.90. The third-order valence-corrected chi connectivity index (χ3v) is 4.76. The monoisotopic (exact) mass is 489 g/mol. The molecule has 26 heavy (non-hydrogen) atoms. The number of carbonyl (C=O) groups excluding carboxylic acids is 3. The zero-order valence-corrected chi connectivity index (χ0v) is 17.2. The van der Waals surface area contributed by atoms with E-state index in [9.17, 15) is 24.5 Å². The molecule has 1 aliphatic rings. The lowest BCUT2D eigenvalue weighted by Crippen LogP contribution is -2.40. The van der Waals surface area contributed by atoms with Crippen LogP contribution in [0.3, 0.4) is 0 Å². The van der Waals surface area contributed by atoms with Crippen molar-refractivity contribution in [1.29, 1.82) is 0 Å². The molecule has 0 bridgehead atoms. The van der Waals surface area contributed by atoms with Gasteiger partial charge in [-0.3, -0.25) is 24.5 Å². The molecule has 0 spiro atoms. The maximum Gasteiger partial charge on any atom is 0.271 e. The number of halogens is 2. The van der Waals surface area contributed by atoms with Gasteiger partial charge in [-0.05, 0) is 13.0 Å². The minimum Gasteiger partial charge on any atom is -0.307 e. The van der Waals surface area contributed by atoms with Crippen LogP contribution in [0.5, 0.6) is 0 Å². The molecule has 0 unspecified atom stereocenters. The summed E-state index contributed by atoms with van der Waals surface area (Å²) in [5.74, 6) is -1.14. The summed E-state index contributed by atoms with van der Waals surface area (Å²) in [4.78, 5) is 50.8. The van der Waals surface area contributed by atoms with E-state index < -0.39 is 22.8 Å². The molecule has 0 radical (unpaired) electrons. The Morgan fingerprint density at radius 3 is 2.38 bits per heavy atom. The van der Waals surface area contributed by atoms with Crippen molar-refractivity contribution in [3.8, 4) is 0 Å². The molecule has 0 saturated carbocycles. The maximum absolute atomic E-state index is 12.7. The van der Waals surface area contributed by atoms with Gasteiger partial charge in [0, 0.05) is 48.1 Å². The first kappa shape index (κ1) is 20.5. The largest absolute Gasteiger partial charge is 0.307 e. The quantitative estimate of drug-likeness (QED) is 0.358. The van der Waals surface area contributed by atoms with E-state index in [4.69, 9.17) is 0 Å². The summed E-state index contributed by atoms with van der Waals surface area (Å²) in [6.45, 7) is 1.69. The Morgan fingerprint density at radius 1 is 1.19 bits per heavy atom. The molecular formula is C16H17Br2N3O5. The number of hydrogen-bond acceptors (Lipinski definition) is 5. The minimum absolute atomic E-state index is 0.0511. The Morgan fingerprint density at radius 2 is 1.81 bits per heavy atom. The molecule has 2 rings (SSSR count). The summed E-state index contributed by atoms with van der Waals surface area (Å²) in [5, 5.41) is 12.0. The van der Waals surface area contributed by atoms with Gasteiger partial charge in [0.1, 0.15) is 0 Å². The van der Waals surface area contributed by atoms with Crippen molar-refractivity contribution >= 4 is 66.6 Å². The van der Waals surface area contributed by atoms with Crippen molar-refractivity contribution < 1.29 is 19.3 Å². The second kappa shape index (κ2) is 8.72. The maximum atomic E-state index is 12.7. The Hall–Kier alpha value is -1.81. The fraction of sp³-hybridized carbons (Fsp3) is 0.438. The van der Waals surface area contributed by atoms with Gasteiger partial charge in [0.2, 0.25) is 17.7 Å². The van der Waals surface area contributed by atoms with Crippen LogP contribution in [-0.4, -0.2) is 39.3 Å². The fourth-order valence-corrected chi connectivity index (χ4v) is 3.54. The van der Waals surface area contributed by atoms with E-state index >= 15 is 0 Å². The Kier molecular flexibility index (Phi) is 6.87. The molecular weight excluding hydrogens is 474 g/mol. The van der Waals surface area contributed by atoms with Crippen LogP contribution >= 0.6 is 31.9 Å². The van der Waals surface area contributed by atoms with Gasteiger partial charge in [0.15, 0.2) is 0 Å². The van der Waals surface area contributed by atoms with Gasteiger partial charge in [-0.1, -0.05) is 31.9 Å². The highest BCUT2D eigenvalue weighted by Crippen LogP contribution is 2.38. The van der Waals surface area contributed by atoms with E-state index in [-0.39, 0.29) is 42.2 Å². The smallest absolute Gasteiger partial charge is 0.271 e. The average Bonchev–Trinajstić information content (AvgIpc) is 2.67. The topological polar surface area (TPSA) is 101 Å². The number of anilines is 2. The third-order valence-electron chi connectivity index (χ3n) is 3.97. The molecule has 0 aliphatic carbocycles. The number of hydrogen-bond donors (Lipinski definition) is 0. The Labute approximate surface area is 166 Å². The third kappa shape index (κ3) is 4.12. The van der Waals surface area contributed by atoms with Gasteiger partial charge in [0.05, 0.1) is 16.3 Å². The van der Waals surface area contributed by atoms with Crippen LogP contribution in [0.1, 0.15) is 26.2 Å². The fourth-order valence-electron chi connectivity index (χ4n) is 2.86. The highest BCUT2D eigenvalue weighted by molar-refractivity contribution is 9.09. The van der Waals surface area contributed by atoms with E-state index in [1.807, 2.05) is 0 Å². The normalized spacial score (nSPS) is 16.9. The van der Waals surface area contributed by atoms with E-state index in [0.29, 0.717) is 10.7 Å². The number of alkyl halides is 2. The number of imide groups is 1. The van der Waals surface area contributed by atoms with Crippen LogP contribution in [0.4, 0.5) is 17.1 Å². The van der Waals surface area contributed by atoms with E-state index in [1.54, 1.807) is 6.92 Å². The Balaban J connectivity index is 2.67. The van der Waals surface area contributed by atoms with Crippen molar-refractivity contribution in [2.24, 2.45) is 0 Å². The number of non-ortho nitro benzene ring substituents is 1. The first-order chi connectivity index (χ1) is 12.3. The summed E-state index contributed by atoms with van der Waals surface area (Å²) in [5.41, 5.74) is 0.181. The number of amides is 3. The number of carbonyl (C=O) groups is 3. The number of nitro benzene ring substituents is 1. The summed E-state index contributed by atoms with van der Waals surface area (Å²) in [6, 6.07) is 3.29. The molecule has 1 aliphatic heterocycles. The zero-order valence-electron chi connectivity index (χ0n) is 14.0. The number of benzene rings is 1. The van der Waals surface area contributed by atoms with Crippen LogP contribution in [0.25, 0.3) is 0 Å². The van der Waals surface area contributed by atoms with Crippen molar-refractivity contribution in [2.45, 2.75) is 32.2 Å². The molecule has 0 fully saturated rings. The predicted molar refractivity (Wildman–Crippen MR) is 104 cm³/mol. The van der Waals surface area contributed by atoms with Crippen molar-refractivity contribution in [3.63, 3.8) is 0 Å². The van der Waals surface area contributed by atoms with E-state index in [0.717, 1.165) is 4.90 Å². The number of fused-ring (bicyclic) bond motifs is 1. The minimum atomic E-state index is -0.574. The molecule has 1 atom stereocenters. The van der Waals surface area contributed by atoms with Crippen LogP contribution in [-0.2, 0) is 14.4 Å². The van der Waals surface area contributed by atoms with Crippen molar-refractivity contribution in [3.05, 3.63) is 28.3 Å². The molecule has 1 heterocycles. The van der Waals surface area contributed by atoms with Crippen LogP contribution in [0.2, 0.25) is 0 Å². The highest BCUT2D eigenvalue weighted by atomic mass is 79.9. The van der Waals surface area contributed by atoms with Crippen LogP contribution in [0.15, 0.2) is 18.2 Å². The molecule has 0 saturated heterocycles. The molecule has 0 aromatic heterocycles. The van der Waals surface area contributed by atoms with Crippen molar-refractivity contribution in [1.82, 2.24) is 0 Å². The van der Waals surface area contributed by atoms with Crippen LogP contribution < -0.4 is 9.80 Å². The summed E-state index contributed by atoms with van der Waals surface area (Å²) < 4.78 is 0. The second-order valence-electron chi connectivity index (χ2n) is 5.75. The molecule has 8 nitrogen and oxygen atoms in total. The Bertz CT molecular complexity index is 755. The molecule has 1 aromatic carbocycles.